The Hall–Kier alpha value is -0.120. The minimum atomic E-state index is -0.127. The third kappa shape index (κ3) is 3.19. The van der Waals surface area contributed by atoms with E-state index in [4.69, 9.17) is 0 Å². The summed E-state index contributed by atoms with van der Waals surface area (Å²) in [5, 5.41) is 9.63. The Labute approximate surface area is 99.4 Å². The first kappa shape index (κ1) is 12.3. The summed E-state index contributed by atoms with van der Waals surface area (Å²) in [4.78, 5) is 5.08. The van der Waals surface area contributed by atoms with E-state index in [0.29, 0.717) is 0 Å². The zero-order valence-corrected chi connectivity index (χ0v) is 10.6. The summed E-state index contributed by atoms with van der Waals surface area (Å²) >= 11 is 0. The smallest absolute Gasteiger partial charge is 0.0664 e. The highest BCUT2D eigenvalue weighted by Gasteiger charge is 2.26. The SMILES string of the molecule is CCC(O)CN1CCN(C2CCCC2)CC1. The van der Waals surface area contributed by atoms with Gasteiger partial charge in [-0.3, -0.25) is 9.80 Å². The molecule has 0 aromatic carbocycles. The molecule has 2 rings (SSSR count). The first-order valence-electron chi connectivity index (χ1n) is 6.94. The molecule has 0 aromatic heterocycles. The maximum atomic E-state index is 9.63. The molecule has 0 bridgehead atoms. The van der Waals surface area contributed by atoms with Crippen LogP contribution in [0.4, 0.5) is 0 Å². The highest BCUT2D eigenvalue weighted by Crippen LogP contribution is 2.24. The van der Waals surface area contributed by atoms with Crippen LogP contribution in [0, 0.1) is 0 Å². The average molecular weight is 226 g/mol. The Morgan fingerprint density at radius 3 is 2.31 bits per heavy atom. The molecule has 1 aliphatic heterocycles. The summed E-state index contributed by atoms with van der Waals surface area (Å²) in [5.41, 5.74) is 0. The summed E-state index contributed by atoms with van der Waals surface area (Å²) in [7, 11) is 0. The molecule has 3 heteroatoms. The van der Waals surface area contributed by atoms with Gasteiger partial charge in [0.15, 0.2) is 0 Å². The van der Waals surface area contributed by atoms with E-state index in [1.807, 2.05) is 0 Å². The molecule has 94 valence electrons. The Bertz CT molecular complexity index is 196. The summed E-state index contributed by atoms with van der Waals surface area (Å²) in [6.45, 7) is 7.64. The van der Waals surface area contributed by atoms with Crippen LogP contribution in [0.25, 0.3) is 0 Å². The van der Waals surface area contributed by atoms with Crippen LogP contribution < -0.4 is 0 Å². The number of aliphatic hydroxyl groups excluding tert-OH is 1. The lowest BCUT2D eigenvalue weighted by molar-refractivity contribution is 0.0561. The highest BCUT2D eigenvalue weighted by atomic mass is 16.3. The molecule has 0 radical (unpaired) electrons. The molecule has 2 aliphatic rings. The van der Waals surface area contributed by atoms with E-state index in [2.05, 4.69) is 16.7 Å². The molecule has 1 saturated carbocycles. The van der Waals surface area contributed by atoms with E-state index >= 15 is 0 Å². The van der Waals surface area contributed by atoms with Gasteiger partial charge in [-0.15, -0.1) is 0 Å². The van der Waals surface area contributed by atoms with Crippen molar-refractivity contribution >= 4 is 0 Å². The van der Waals surface area contributed by atoms with E-state index < -0.39 is 0 Å². The van der Waals surface area contributed by atoms with Gasteiger partial charge in [-0.2, -0.15) is 0 Å². The van der Waals surface area contributed by atoms with Crippen LogP contribution in [-0.2, 0) is 0 Å². The molecule has 0 spiro atoms. The number of hydrogen-bond acceptors (Lipinski definition) is 3. The van der Waals surface area contributed by atoms with Gasteiger partial charge in [0, 0.05) is 38.8 Å². The monoisotopic (exact) mass is 226 g/mol. The molecule has 1 aliphatic carbocycles. The first-order valence-corrected chi connectivity index (χ1v) is 6.94. The van der Waals surface area contributed by atoms with Gasteiger partial charge in [-0.1, -0.05) is 19.8 Å². The fourth-order valence-electron chi connectivity index (χ4n) is 3.01. The van der Waals surface area contributed by atoms with Gasteiger partial charge in [-0.05, 0) is 19.3 Å². The van der Waals surface area contributed by atoms with Crippen molar-refractivity contribution in [1.82, 2.24) is 9.80 Å². The number of hydrogen-bond donors (Lipinski definition) is 1. The van der Waals surface area contributed by atoms with Crippen LogP contribution in [0.15, 0.2) is 0 Å². The Kier molecular flexibility index (Phi) is 4.62. The van der Waals surface area contributed by atoms with E-state index in [-0.39, 0.29) is 6.10 Å². The lowest BCUT2D eigenvalue weighted by Crippen LogP contribution is -2.51. The summed E-state index contributed by atoms with van der Waals surface area (Å²) in [6, 6.07) is 0.873. The zero-order chi connectivity index (χ0) is 11.4. The van der Waals surface area contributed by atoms with Crippen LogP contribution in [-0.4, -0.2) is 59.8 Å². The van der Waals surface area contributed by atoms with E-state index in [9.17, 15) is 5.11 Å². The lowest BCUT2D eigenvalue weighted by atomic mass is 10.1. The molecule has 1 N–H and O–H groups in total. The summed E-state index contributed by atoms with van der Waals surface area (Å²) in [6.07, 6.45) is 6.44. The molecule has 2 fully saturated rings. The van der Waals surface area contributed by atoms with Crippen molar-refractivity contribution in [1.29, 1.82) is 0 Å². The van der Waals surface area contributed by atoms with Gasteiger partial charge in [0.05, 0.1) is 6.10 Å². The highest BCUT2D eigenvalue weighted by molar-refractivity contribution is 4.82. The standard InChI is InChI=1S/C13H26N2O/c1-2-13(16)11-14-7-9-15(10-8-14)12-5-3-4-6-12/h12-13,16H,2-11H2,1H3. The molecule has 3 nitrogen and oxygen atoms in total. The van der Waals surface area contributed by atoms with Crippen LogP contribution >= 0.6 is 0 Å². The maximum absolute atomic E-state index is 9.63. The third-order valence-electron chi connectivity index (χ3n) is 4.19. The van der Waals surface area contributed by atoms with Gasteiger partial charge in [0.1, 0.15) is 0 Å². The summed E-state index contributed by atoms with van der Waals surface area (Å²) < 4.78 is 0. The fourth-order valence-corrected chi connectivity index (χ4v) is 3.01. The van der Waals surface area contributed by atoms with Crippen LogP contribution in [0.1, 0.15) is 39.0 Å². The zero-order valence-electron chi connectivity index (χ0n) is 10.6. The number of piperazine rings is 1. The van der Waals surface area contributed by atoms with Gasteiger partial charge in [-0.25, -0.2) is 0 Å². The van der Waals surface area contributed by atoms with Crippen molar-refractivity contribution in [2.24, 2.45) is 0 Å². The number of nitrogens with zero attached hydrogens (tertiary/aromatic N) is 2. The van der Waals surface area contributed by atoms with Gasteiger partial charge in [0.2, 0.25) is 0 Å². The Morgan fingerprint density at radius 2 is 1.75 bits per heavy atom. The maximum Gasteiger partial charge on any atom is 0.0664 e. The first-order chi connectivity index (χ1) is 7.79. The molecule has 0 aromatic rings. The van der Waals surface area contributed by atoms with Gasteiger partial charge in [0.25, 0.3) is 0 Å². The molecule has 1 heterocycles. The second-order valence-corrected chi connectivity index (χ2v) is 5.34. The van der Waals surface area contributed by atoms with Crippen LogP contribution in [0.3, 0.4) is 0 Å². The molecular weight excluding hydrogens is 200 g/mol. The van der Waals surface area contributed by atoms with E-state index in [1.54, 1.807) is 0 Å². The van der Waals surface area contributed by atoms with Crippen molar-refractivity contribution < 1.29 is 5.11 Å². The predicted molar refractivity (Wildman–Crippen MR) is 66.6 cm³/mol. The van der Waals surface area contributed by atoms with Crippen molar-refractivity contribution in [2.75, 3.05) is 32.7 Å². The minimum Gasteiger partial charge on any atom is -0.392 e. The average Bonchev–Trinajstić information content (AvgIpc) is 2.83. The molecule has 16 heavy (non-hydrogen) atoms. The summed E-state index contributed by atoms with van der Waals surface area (Å²) in [5.74, 6) is 0. The second-order valence-electron chi connectivity index (χ2n) is 5.34. The lowest BCUT2D eigenvalue weighted by Gasteiger charge is -2.38. The Balaban J connectivity index is 1.69. The van der Waals surface area contributed by atoms with Crippen molar-refractivity contribution in [3.63, 3.8) is 0 Å². The molecule has 1 unspecified atom stereocenters. The minimum absolute atomic E-state index is 0.127. The number of aliphatic hydroxyl groups is 1. The number of β-amino-alcohol motifs (C(OH)–C–C–N with tert-alkyl or cyclic N) is 1. The normalized spacial score (nSPS) is 27.4. The quantitative estimate of drug-likeness (QED) is 0.783. The molecular formula is C13H26N2O. The molecule has 0 amide bonds. The predicted octanol–water partition coefficient (Wildman–Crippen LogP) is 1.32. The van der Waals surface area contributed by atoms with Gasteiger partial charge < -0.3 is 5.11 Å². The molecule has 1 atom stereocenters. The second kappa shape index (κ2) is 5.99. The van der Waals surface area contributed by atoms with Gasteiger partial charge >= 0.3 is 0 Å². The van der Waals surface area contributed by atoms with Crippen LogP contribution in [0.2, 0.25) is 0 Å². The topological polar surface area (TPSA) is 26.7 Å². The van der Waals surface area contributed by atoms with Crippen molar-refractivity contribution in [2.45, 2.75) is 51.2 Å². The number of rotatable bonds is 4. The Morgan fingerprint density at radius 1 is 1.12 bits per heavy atom. The van der Waals surface area contributed by atoms with Crippen LogP contribution in [0.5, 0.6) is 0 Å². The van der Waals surface area contributed by atoms with E-state index in [1.165, 1.54) is 38.8 Å². The third-order valence-corrected chi connectivity index (χ3v) is 4.19. The molecule has 1 saturated heterocycles. The van der Waals surface area contributed by atoms with Crippen molar-refractivity contribution in [3.8, 4) is 0 Å². The van der Waals surface area contributed by atoms with Crippen molar-refractivity contribution in [3.05, 3.63) is 0 Å². The van der Waals surface area contributed by atoms with E-state index in [0.717, 1.165) is 32.1 Å². The fraction of sp³-hybridized carbons (Fsp3) is 1.00. The largest absolute Gasteiger partial charge is 0.392 e.